The van der Waals surface area contributed by atoms with E-state index < -0.39 is 27.9 Å². The summed E-state index contributed by atoms with van der Waals surface area (Å²) in [5, 5.41) is 1.13. The van der Waals surface area contributed by atoms with Gasteiger partial charge >= 0.3 is 5.97 Å². The Bertz CT molecular complexity index is 1260. The molecule has 0 saturated heterocycles. The quantitative estimate of drug-likeness (QED) is 0.258. The van der Waals surface area contributed by atoms with Gasteiger partial charge in [0.15, 0.2) is 0 Å². The topological polar surface area (TPSA) is 107 Å². The lowest BCUT2D eigenvalue weighted by Gasteiger charge is -2.26. The average Bonchev–Trinajstić information content (AvgIpc) is 2.79. The zero-order valence-electron chi connectivity index (χ0n) is 18.3. The molecule has 0 unspecified atom stereocenters. The number of hydrogen-bond acceptors (Lipinski definition) is 7. The molecule has 2 amide bonds. The van der Waals surface area contributed by atoms with E-state index in [1.165, 1.54) is 25.1 Å². The minimum atomic E-state index is -4.17. The maximum atomic E-state index is 13.1. The van der Waals surface area contributed by atoms with Gasteiger partial charge in [-0.2, -0.15) is 8.42 Å². The Morgan fingerprint density at radius 2 is 1.79 bits per heavy atom. The molecule has 1 fully saturated rings. The zero-order chi connectivity index (χ0) is 23.8. The van der Waals surface area contributed by atoms with E-state index in [-0.39, 0.29) is 33.3 Å². The Kier molecular flexibility index (Phi) is 6.36. The summed E-state index contributed by atoms with van der Waals surface area (Å²) in [6.07, 6.45) is 5.68. The Morgan fingerprint density at radius 3 is 2.48 bits per heavy atom. The molecule has 2 aromatic carbocycles. The van der Waals surface area contributed by atoms with E-state index in [0.29, 0.717) is 23.1 Å². The van der Waals surface area contributed by atoms with Gasteiger partial charge in [0.05, 0.1) is 16.9 Å². The Balaban J connectivity index is 1.62. The van der Waals surface area contributed by atoms with Crippen molar-refractivity contribution >= 4 is 38.7 Å². The van der Waals surface area contributed by atoms with Crippen LogP contribution in [0.4, 0.5) is 0 Å². The van der Waals surface area contributed by atoms with Gasteiger partial charge < -0.3 is 4.74 Å². The second-order valence-electron chi connectivity index (χ2n) is 8.58. The van der Waals surface area contributed by atoms with Crippen LogP contribution >= 0.6 is 0 Å². The van der Waals surface area contributed by atoms with Crippen molar-refractivity contribution < 1.29 is 31.8 Å². The molecule has 1 saturated carbocycles. The summed E-state index contributed by atoms with van der Waals surface area (Å²) >= 11 is 0. The summed E-state index contributed by atoms with van der Waals surface area (Å²) in [5.74, 6) is -2.36. The highest BCUT2D eigenvalue weighted by Gasteiger charge is 2.38. The van der Waals surface area contributed by atoms with Gasteiger partial charge in [0, 0.05) is 11.0 Å². The molecule has 0 radical (unpaired) electrons. The fraction of sp³-hybridized carbons (Fsp3) is 0.375. The molecule has 0 N–H and O–H groups in total. The van der Waals surface area contributed by atoms with Crippen LogP contribution < -0.4 is 4.74 Å². The summed E-state index contributed by atoms with van der Waals surface area (Å²) in [6.45, 7) is 5.02. The van der Waals surface area contributed by atoms with Gasteiger partial charge in [-0.15, -0.1) is 9.35 Å². The van der Waals surface area contributed by atoms with Crippen molar-refractivity contribution in [2.45, 2.75) is 45.4 Å². The predicted molar refractivity (Wildman–Crippen MR) is 121 cm³/mol. The third kappa shape index (κ3) is 4.84. The lowest BCUT2D eigenvalue weighted by molar-refractivity contribution is -0.130. The molecule has 4 rings (SSSR count). The molecule has 1 aliphatic heterocycles. The first-order chi connectivity index (χ1) is 15.7. The molecular weight excluding hydrogens is 446 g/mol. The fourth-order valence-electron chi connectivity index (χ4n) is 4.32. The van der Waals surface area contributed by atoms with E-state index in [1.807, 2.05) is 0 Å². The van der Waals surface area contributed by atoms with Crippen LogP contribution in [0.25, 0.3) is 10.8 Å². The number of esters is 1. The number of nitrogens with zero attached hydrogens (tertiary/aromatic N) is 1. The third-order valence-corrected chi connectivity index (χ3v) is 7.14. The molecule has 0 spiro atoms. The predicted octanol–water partition coefficient (Wildman–Crippen LogP) is 4.15. The summed E-state index contributed by atoms with van der Waals surface area (Å²) in [7, 11) is -4.17. The van der Waals surface area contributed by atoms with Crippen molar-refractivity contribution in [3.05, 3.63) is 53.6 Å². The highest BCUT2D eigenvalue weighted by Crippen LogP contribution is 2.34. The van der Waals surface area contributed by atoms with Crippen LogP contribution in [0.5, 0.6) is 5.75 Å². The van der Waals surface area contributed by atoms with Gasteiger partial charge in [-0.3, -0.25) is 9.59 Å². The number of hydrogen-bond donors (Lipinski definition) is 0. The summed E-state index contributed by atoms with van der Waals surface area (Å²) in [6, 6.07) is 7.58. The van der Waals surface area contributed by atoms with Crippen molar-refractivity contribution in [3.8, 4) is 5.75 Å². The van der Waals surface area contributed by atoms with Crippen molar-refractivity contribution in [1.82, 2.24) is 5.06 Å². The summed E-state index contributed by atoms with van der Waals surface area (Å²) < 4.78 is 35.5. The van der Waals surface area contributed by atoms with Crippen LogP contribution in [0.3, 0.4) is 0 Å². The highest BCUT2D eigenvalue weighted by molar-refractivity contribution is 7.86. The first-order valence-electron chi connectivity index (χ1n) is 10.9. The second kappa shape index (κ2) is 9.07. The molecule has 8 nitrogen and oxygen atoms in total. The lowest BCUT2D eigenvalue weighted by atomic mass is 9.88. The number of benzene rings is 2. The van der Waals surface area contributed by atoms with E-state index in [4.69, 9.17) is 9.02 Å². The minimum absolute atomic E-state index is 0.00898. The molecule has 0 atom stereocenters. The number of rotatable bonds is 7. The van der Waals surface area contributed by atoms with Gasteiger partial charge in [0.25, 0.3) is 21.9 Å². The number of carbonyl (C=O) groups is 3. The molecular formula is C24H25NO7S. The number of amides is 2. The molecule has 1 aliphatic carbocycles. The Morgan fingerprint density at radius 1 is 1.09 bits per heavy atom. The van der Waals surface area contributed by atoms with Gasteiger partial charge in [-0.1, -0.05) is 50.8 Å². The van der Waals surface area contributed by atoms with Gasteiger partial charge in [-0.05, 0) is 42.8 Å². The first-order valence-corrected chi connectivity index (χ1v) is 12.5. The monoisotopic (exact) mass is 471 g/mol. The molecule has 174 valence electrons. The minimum Gasteiger partial charge on any atom is -0.423 e. The standard InChI is InChI=1S/C24H25NO7S/c1-15(2)24(28)31-18-13-17-9-6-10-19-21(17)20(14-18)23(27)25(22(19)26)32-33(29,30)12-11-16-7-4-3-5-8-16/h6,9-10,13-14,16H,1,3-5,7-8,11-12H2,2H3. The van der Waals surface area contributed by atoms with Crippen LogP contribution in [-0.2, 0) is 19.2 Å². The van der Waals surface area contributed by atoms with Gasteiger partial charge in [-0.25, -0.2) is 4.79 Å². The largest absolute Gasteiger partial charge is 0.423 e. The number of ether oxygens (including phenoxy) is 1. The van der Waals surface area contributed by atoms with E-state index >= 15 is 0 Å². The molecule has 2 aromatic rings. The lowest BCUT2D eigenvalue weighted by Crippen LogP contribution is -2.42. The van der Waals surface area contributed by atoms with Gasteiger partial charge in [0.2, 0.25) is 0 Å². The number of imide groups is 1. The first kappa shape index (κ1) is 23.1. The SMILES string of the molecule is C=C(C)C(=O)Oc1cc2c3c(cccc3c1)C(=O)N(OS(=O)(=O)CCC1CCCCC1)C2=O. The van der Waals surface area contributed by atoms with E-state index in [1.54, 1.807) is 12.1 Å². The molecule has 0 aromatic heterocycles. The van der Waals surface area contributed by atoms with E-state index in [2.05, 4.69) is 6.58 Å². The summed E-state index contributed by atoms with van der Waals surface area (Å²) in [4.78, 5) is 38.0. The van der Waals surface area contributed by atoms with Crippen molar-refractivity contribution in [3.63, 3.8) is 0 Å². The number of hydroxylamine groups is 2. The molecule has 9 heteroatoms. The normalized spacial score (nSPS) is 16.8. The van der Waals surface area contributed by atoms with Crippen molar-refractivity contribution in [2.24, 2.45) is 5.92 Å². The Hall–Kier alpha value is -3.04. The van der Waals surface area contributed by atoms with Crippen LogP contribution in [-0.4, -0.2) is 37.0 Å². The molecule has 1 heterocycles. The van der Waals surface area contributed by atoms with Crippen molar-refractivity contribution in [2.75, 3.05) is 5.75 Å². The third-order valence-electron chi connectivity index (χ3n) is 6.03. The second-order valence-corrected chi connectivity index (χ2v) is 10.3. The molecule has 0 bridgehead atoms. The van der Waals surface area contributed by atoms with Crippen molar-refractivity contribution in [1.29, 1.82) is 0 Å². The summed E-state index contributed by atoms with van der Waals surface area (Å²) in [5.41, 5.74) is 0.310. The number of carbonyl (C=O) groups excluding carboxylic acids is 3. The maximum absolute atomic E-state index is 13.1. The van der Waals surface area contributed by atoms with Crippen LogP contribution in [0.2, 0.25) is 0 Å². The van der Waals surface area contributed by atoms with Crippen LogP contribution in [0.15, 0.2) is 42.5 Å². The van der Waals surface area contributed by atoms with Gasteiger partial charge in [0.1, 0.15) is 5.75 Å². The zero-order valence-corrected chi connectivity index (χ0v) is 19.2. The highest BCUT2D eigenvalue weighted by atomic mass is 32.2. The maximum Gasteiger partial charge on any atom is 0.338 e. The smallest absolute Gasteiger partial charge is 0.338 e. The van der Waals surface area contributed by atoms with Crippen LogP contribution in [0, 0.1) is 5.92 Å². The van der Waals surface area contributed by atoms with Crippen LogP contribution in [0.1, 0.15) is 66.2 Å². The van der Waals surface area contributed by atoms with E-state index in [9.17, 15) is 22.8 Å². The Labute approximate surface area is 192 Å². The average molecular weight is 472 g/mol. The fourth-order valence-corrected chi connectivity index (χ4v) is 5.38. The molecule has 2 aliphatic rings. The molecule has 33 heavy (non-hydrogen) atoms. The van der Waals surface area contributed by atoms with E-state index in [0.717, 1.165) is 32.1 Å².